The van der Waals surface area contributed by atoms with Crippen LogP contribution in [0.1, 0.15) is 40.0 Å². The van der Waals surface area contributed by atoms with Gasteiger partial charge in [-0.1, -0.05) is 20.8 Å². The second kappa shape index (κ2) is 5.10. The van der Waals surface area contributed by atoms with E-state index in [9.17, 15) is 9.90 Å². The number of aliphatic hydroxyl groups excluding tert-OH is 1. The Balaban J connectivity index is 2.48. The first-order chi connectivity index (χ1) is 6.82. The summed E-state index contributed by atoms with van der Waals surface area (Å²) in [7, 11) is 0. The maximum Gasteiger partial charge on any atom is 0.140 e. The molecule has 0 unspecified atom stereocenters. The van der Waals surface area contributed by atoms with Gasteiger partial charge in [0.05, 0.1) is 6.10 Å². The molecule has 15 heavy (non-hydrogen) atoms. The van der Waals surface area contributed by atoms with Gasteiger partial charge in [-0.3, -0.25) is 4.79 Å². The molecule has 0 amide bonds. The molecule has 4 heteroatoms. The maximum absolute atomic E-state index is 11.8. The van der Waals surface area contributed by atoms with E-state index in [0.29, 0.717) is 0 Å². The number of aliphatic hydroxyl groups is 1. The molecule has 0 bridgehead atoms. The van der Waals surface area contributed by atoms with E-state index in [4.69, 9.17) is 0 Å². The van der Waals surface area contributed by atoms with Gasteiger partial charge in [0.15, 0.2) is 0 Å². The summed E-state index contributed by atoms with van der Waals surface area (Å²) >= 11 is 2.24. The monoisotopic (exact) mass is 325 g/mol. The highest BCUT2D eigenvalue weighted by molar-refractivity contribution is 14.1. The number of carbonyl (C=O) groups excluding carboxylic acids is 1. The predicted octanol–water partition coefficient (Wildman–Crippen LogP) is 2.17. The Morgan fingerprint density at radius 3 is 2.60 bits per heavy atom. The lowest BCUT2D eigenvalue weighted by atomic mass is 9.86. The third-order valence-electron chi connectivity index (χ3n) is 2.91. The molecular weight excluding hydrogens is 305 g/mol. The minimum atomic E-state index is -0.504. The van der Waals surface area contributed by atoms with Crippen LogP contribution in [0.25, 0.3) is 0 Å². The molecule has 0 radical (unpaired) electrons. The molecule has 0 saturated carbocycles. The third-order valence-corrected chi connectivity index (χ3v) is 4.10. The van der Waals surface area contributed by atoms with Gasteiger partial charge in [0, 0.05) is 47.3 Å². The molecule has 1 aliphatic heterocycles. The van der Waals surface area contributed by atoms with Crippen molar-refractivity contribution in [3.8, 4) is 0 Å². The van der Waals surface area contributed by atoms with Crippen LogP contribution in [-0.2, 0) is 4.79 Å². The van der Waals surface area contributed by atoms with Crippen LogP contribution in [0.4, 0.5) is 0 Å². The van der Waals surface area contributed by atoms with E-state index >= 15 is 0 Å². The lowest BCUT2D eigenvalue weighted by Crippen LogP contribution is -2.37. The Morgan fingerprint density at radius 2 is 2.20 bits per heavy atom. The number of Topliss-reactive ketones (excluding diaryl/α,β-unsaturated/α-hetero) is 1. The Kier molecular flexibility index (Phi) is 4.55. The molecule has 0 spiro atoms. The standard InChI is InChI=1S/C11H20INO2/c1-11(2,3)10(15)7-9(14)8-5-4-6-13(8)12/h8-9,14H,4-7H2,1-3H3/t8-,9+/m0/s1. The number of halogens is 1. The fourth-order valence-electron chi connectivity index (χ4n) is 1.77. The molecule has 1 saturated heterocycles. The minimum absolute atomic E-state index is 0.145. The summed E-state index contributed by atoms with van der Waals surface area (Å²) in [5.74, 6) is 0.145. The van der Waals surface area contributed by atoms with E-state index < -0.39 is 6.10 Å². The van der Waals surface area contributed by atoms with Crippen molar-refractivity contribution in [2.75, 3.05) is 6.54 Å². The van der Waals surface area contributed by atoms with Crippen molar-refractivity contribution in [2.24, 2.45) is 5.41 Å². The van der Waals surface area contributed by atoms with Crippen LogP contribution in [-0.4, -0.2) is 32.7 Å². The molecule has 88 valence electrons. The summed E-state index contributed by atoms with van der Waals surface area (Å²) in [5.41, 5.74) is -0.338. The Hall–Kier alpha value is 0.320. The van der Waals surface area contributed by atoms with Crippen LogP contribution in [0, 0.1) is 5.41 Å². The van der Waals surface area contributed by atoms with Crippen LogP contribution in [0.5, 0.6) is 0 Å². The highest BCUT2D eigenvalue weighted by Crippen LogP contribution is 2.27. The highest BCUT2D eigenvalue weighted by atomic mass is 127. The van der Waals surface area contributed by atoms with Crippen LogP contribution in [0.3, 0.4) is 0 Å². The molecule has 0 aromatic carbocycles. The summed E-state index contributed by atoms with van der Waals surface area (Å²) in [4.78, 5) is 11.8. The molecule has 1 heterocycles. The normalized spacial score (nSPS) is 25.5. The molecule has 1 N–H and O–H groups in total. The average molecular weight is 325 g/mol. The van der Waals surface area contributed by atoms with Gasteiger partial charge in [0.25, 0.3) is 0 Å². The Labute approximate surface area is 106 Å². The topological polar surface area (TPSA) is 40.5 Å². The maximum atomic E-state index is 11.8. The Morgan fingerprint density at radius 1 is 1.60 bits per heavy atom. The summed E-state index contributed by atoms with van der Waals surface area (Å²) in [6.07, 6.45) is 1.90. The van der Waals surface area contributed by atoms with Crippen LogP contribution in [0.15, 0.2) is 0 Å². The van der Waals surface area contributed by atoms with Crippen molar-refractivity contribution in [1.29, 1.82) is 0 Å². The second-order valence-electron chi connectivity index (χ2n) is 5.28. The van der Waals surface area contributed by atoms with Crippen molar-refractivity contribution in [3.63, 3.8) is 0 Å². The first kappa shape index (κ1) is 13.4. The van der Waals surface area contributed by atoms with Crippen LogP contribution in [0.2, 0.25) is 0 Å². The van der Waals surface area contributed by atoms with Gasteiger partial charge in [-0.25, -0.2) is 3.11 Å². The number of rotatable bonds is 3. The van der Waals surface area contributed by atoms with E-state index in [2.05, 4.69) is 26.0 Å². The summed E-state index contributed by atoms with van der Waals surface area (Å²) < 4.78 is 2.12. The minimum Gasteiger partial charge on any atom is -0.391 e. The van der Waals surface area contributed by atoms with Gasteiger partial charge in [-0.05, 0) is 12.8 Å². The fraction of sp³-hybridized carbons (Fsp3) is 0.909. The number of hydrogen-bond acceptors (Lipinski definition) is 3. The zero-order valence-electron chi connectivity index (χ0n) is 9.66. The molecule has 0 aromatic rings. The molecule has 2 atom stereocenters. The lowest BCUT2D eigenvalue weighted by molar-refractivity contribution is -0.128. The molecule has 0 aliphatic carbocycles. The zero-order chi connectivity index (χ0) is 11.6. The van der Waals surface area contributed by atoms with Crippen molar-refractivity contribution < 1.29 is 9.90 Å². The zero-order valence-corrected chi connectivity index (χ0v) is 11.8. The number of ketones is 1. The predicted molar refractivity (Wildman–Crippen MR) is 68.8 cm³/mol. The van der Waals surface area contributed by atoms with E-state index in [1.807, 2.05) is 20.8 Å². The second-order valence-corrected chi connectivity index (χ2v) is 6.52. The molecule has 3 nitrogen and oxygen atoms in total. The SMILES string of the molecule is CC(C)(C)C(=O)C[C@@H](O)[C@@H]1CCCN1I. The van der Waals surface area contributed by atoms with Gasteiger partial charge in [-0.15, -0.1) is 0 Å². The van der Waals surface area contributed by atoms with Crippen molar-refractivity contribution in [1.82, 2.24) is 3.11 Å². The lowest BCUT2D eigenvalue weighted by Gasteiger charge is -2.25. The van der Waals surface area contributed by atoms with Crippen LogP contribution < -0.4 is 0 Å². The van der Waals surface area contributed by atoms with Crippen LogP contribution >= 0.6 is 22.9 Å². The Bertz CT molecular complexity index is 237. The molecule has 1 aliphatic rings. The highest BCUT2D eigenvalue weighted by Gasteiger charge is 2.32. The molecular formula is C11H20INO2. The van der Waals surface area contributed by atoms with E-state index in [1.165, 1.54) is 0 Å². The van der Waals surface area contributed by atoms with Gasteiger partial charge >= 0.3 is 0 Å². The molecule has 0 aromatic heterocycles. The van der Waals surface area contributed by atoms with Gasteiger partial charge in [0.1, 0.15) is 5.78 Å². The summed E-state index contributed by atoms with van der Waals surface area (Å²) in [6.45, 7) is 6.72. The van der Waals surface area contributed by atoms with Gasteiger partial charge in [0.2, 0.25) is 0 Å². The molecule has 1 rings (SSSR count). The fourth-order valence-corrected chi connectivity index (χ4v) is 2.76. The first-order valence-corrected chi connectivity index (χ1v) is 6.42. The number of hydrogen-bond donors (Lipinski definition) is 1. The summed E-state index contributed by atoms with van der Waals surface area (Å²) in [5, 5.41) is 9.99. The number of nitrogens with zero attached hydrogens (tertiary/aromatic N) is 1. The van der Waals surface area contributed by atoms with Crippen molar-refractivity contribution >= 4 is 28.6 Å². The molecule has 1 fully saturated rings. The van der Waals surface area contributed by atoms with E-state index in [-0.39, 0.29) is 23.7 Å². The van der Waals surface area contributed by atoms with Crippen molar-refractivity contribution in [3.05, 3.63) is 0 Å². The summed E-state index contributed by atoms with van der Waals surface area (Å²) in [6, 6.07) is 0.164. The third kappa shape index (κ3) is 3.67. The largest absolute Gasteiger partial charge is 0.391 e. The quantitative estimate of drug-likeness (QED) is 0.639. The first-order valence-electron chi connectivity index (χ1n) is 5.46. The smallest absolute Gasteiger partial charge is 0.140 e. The van der Waals surface area contributed by atoms with E-state index in [1.54, 1.807) is 0 Å². The van der Waals surface area contributed by atoms with Gasteiger partial charge in [-0.2, -0.15) is 0 Å². The average Bonchev–Trinajstić information content (AvgIpc) is 2.49. The van der Waals surface area contributed by atoms with Gasteiger partial charge < -0.3 is 5.11 Å². The van der Waals surface area contributed by atoms with E-state index in [0.717, 1.165) is 19.4 Å². The number of carbonyl (C=O) groups is 1. The van der Waals surface area contributed by atoms with Crippen molar-refractivity contribution in [2.45, 2.75) is 52.2 Å².